The highest BCUT2D eigenvalue weighted by molar-refractivity contribution is 8.01. The molecule has 1 aromatic rings. The van der Waals surface area contributed by atoms with Crippen LogP contribution in [0.25, 0.3) is 0 Å². The quantitative estimate of drug-likeness (QED) is 0.883. The van der Waals surface area contributed by atoms with Crippen LogP contribution in [0.5, 0.6) is 5.75 Å². The molecule has 1 saturated carbocycles. The first-order valence-electron chi connectivity index (χ1n) is 4.82. The third kappa shape index (κ3) is 2.41. The van der Waals surface area contributed by atoms with Crippen molar-refractivity contribution in [3.05, 3.63) is 23.2 Å². The average molecular weight is 245 g/mol. The minimum Gasteiger partial charge on any atom is -0.495 e. The molecule has 0 saturated heterocycles. The van der Waals surface area contributed by atoms with E-state index in [-0.39, 0.29) is 11.4 Å². The van der Waals surface area contributed by atoms with E-state index in [9.17, 15) is 5.11 Å². The van der Waals surface area contributed by atoms with Crippen LogP contribution in [0, 0.1) is 0 Å². The second kappa shape index (κ2) is 4.24. The summed E-state index contributed by atoms with van der Waals surface area (Å²) >= 11 is 7.72. The molecule has 0 radical (unpaired) electrons. The first-order valence-corrected chi connectivity index (χ1v) is 6.02. The van der Waals surface area contributed by atoms with Crippen molar-refractivity contribution < 1.29 is 9.84 Å². The van der Waals surface area contributed by atoms with E-state index in [0.29, 0.717) is 10.8 Å². The molecule has 2 nitrogen and oxygen atoms in total. The number of rotatable bonds is 4. The van der Waals surface area contributed by atoms with Gasteiger partial charge in [-0.3, -0.25) is 0 Å². The van der Waals surface area contributed by atoms with E-state index in [1.165, 1.54) is 0 Å². The molecular formula is C11H13ClO2S. The van der Waals surface area contributed by atoms with Crippen LogP contribution in [0.4, 0.5) is 0 Å². The Kier molecular flexibility index (Phi) is 3.14. The SMILES string of the molecule is COc1ccc(SC2(CO)CC2)cc1Cl. The van der Waals surface area contributed by atoms with Crippen LogP contribution < -0.4 is 4.74 Å². The number of hydrogen-bond donors (Lipinski definition) is 1. The van der Waals surface area contributed by atoms with E-state index in [4.69, 9.17) is 16.3 Å². The van der Waals surface area contributed by atoms with Gasteiger partial charge < -0.3 is 9.84 Å². The summed E-state index contributed by atoms with van der Waals surface area (Å²) in [4.78, 5) is 1.09. The zero-order valence-corrected chi connectivity index (χ0v) is 10.1. The van der Waals surface area contributed by atoms with Gasteiger partial charge in [-0.2, -0.15) is 0 Å². The standard InChI is InChI=1S/C11H13ClO2S/c1-14-10-3-2-8(6-9(10)12)15-11(7-13)4-5-11/h2-3,6,13H,4-5,7H2,1H3. The maximum Gasteiger partial charge on any atom is 0.137 e. The molecule has 0 amide bonds. The van der Waals surface area contributed by atoms with E-state index in [2.05, 4.69) is 0 Å². The van der Waals surface area contributed by atoms with Gasteiger partial charge >= 0.3 is 0 Å². The van der Waals surface area contributed by atoms with E-state index >= 15 is 0 Å². The zero-order chi connectivity index (χ0) is 10.9. The predicted octanol–water partition coefficient (Wildman–Crippen LogP) is 2.97. The van der Waals surface area contributed by atoms with E-state index in [1.54, 1.807) is 18.9 Å². The van der Waals surface area contributed by atoms with Crippen molar-refractivity contribution in [1.82, 2.24) is 0 Å². The summed E-state index contributed by atoms with van der Waals surface area (Å²) in [6.07, 6.45) is 2.16. The summed E-state index contributed by atoms with van der Waals surface area (Å²) in [5.41, 5.74) is 0. The summed E-state index contributed by atoms with van der Waals surface area (Å²) < 4.78 is 5.13. The van der Waals surface area contributed by atoms with E-state index < -0.39 is 0 Å². The minimum atomic E-state index is 0.0535. The Bertz CT molecular complexity index is 364. The number of methoxy groups -OCH3 is 1. The molecular weight excluding hydrogens is 232 g/mol. The molecule has 0 aromatic heterocycles. The lowest BCUT2D eigenvalue weighted by molar-refractivity contribution is 0.289. The Hall–Kier alpha value is -0.380. The van der Waals surface area contributed by atoms with Gasteiger partial charge in [-0.05, 0) is 31.0 Å². The fraction of sp³-hybridized carbons (Fsp3) is 0.455. The zero-order valence-electron chi connectivity index (χ0n) is 8.50. The largest absolute Gasteiger partial charge is 0.495 e. The highest BCUT2D eigenvalue weighted by Crippen LogP contribution is 2.51. The van der Waals surface area contributed by atoms with Gasteiger partial charge in [0.1, 0.15) is 5.75 Å². The lowest BCUT2D eigenvalue weighted by Crippen LogP contribution is -2.07. The Morgan fingerprint density at radius 1 is 1.53 bits per heavy atom. The maximum atomic E-state index is 9.21. The lowest BCUT2D eigenvalue weighted by Gasteiger charge is -2.12. The molecule has 0 aliphatic heterocycles. The average Bonchev–Trinajstić information content (AvgIpc) is 2.99. The summed E-state index contributed by atoms with van der Waals surface area (Å²) in [5, 5.41) is 9.83. The predicted molar refractivity (Wildman–Crippen MR) is 62.9 cm³/mol. The molecule has 1 fully saturated rings. The molecule has 0 spiro atoms. The van der Waals surface area contributed by atoms with Gasteiger partial charge in [0.2, 0.25) is 0 Å². The molecule has 1 aliphatic carbocycles. The third-order valence-electron chi connectivity index (χ3n) is 2.55. The third-order valence-corrected chi connectivity index (χ3v) is 4.31. The van der Waals surface area contributed by atoms with Crippen molar-refractivity contribution in [1.29, 1.82) is 0 Å². The molecule has 1 aliphatic rings. The van der Waals surface area contributed by atoms with Crippen LogP contribution in [0.2, 0.25) is 5.02 Å². The molecule has 82 valence electrons. The fourth-order valence-electron chi connectivity index (χ4n) is 1.39. The summed E-state index contributed by atoms with van der Waals surface area (Å²) in [6, 6.07) is 5.73. The summed E-state index contributed by atoms with van der Waals surface area (Å²) in [7, 11) is 1.60. The number of ether oxygens (including phenoxy) is 1. The monoisotopic (exact) mass is 244 g/mol. The van der Waals surface area contributed by atoms with E-state index in [0.717, 1.165) is 17.7 Å². The number of hydrogen-bond acceptors (Lipinski definition) is 3. The van der Waals surface area contributed by atoms with Crippen molar-refractivity contribution in [2.75, 3.05) is 13.7 Å². The Balaban J connectivity index is 2.13. The number of aliphatic hydroxyl groups is 1. The summed E-state index contributed by atoms with van der Waals surface area (Å²) in [5.74, 6) is 0.690. The first kappa shape index (κ1) is 11.1. The van der Waals surface area contributed by atoms with Gasteiger partial charge in [-0.1, -0.05) is 11.6 Å². The highest BCUT2D eigenvalue weighted by atomic mass is 35.5. The second-order valence-corrected chi connectivity index (χ2v) is 5.69. The van der Waals surface area contributed by atoms with Gasteiger partial charge in [0.05, 0.1) is 18.7 Å². The molecule has 0 unspecified atom stereocenters. The molecule has 0 heterocycles. The Morgan fingerprint density at radius 3 is 2.73 bits per heavy atom. The molecule has 2 rings (SSSR count). The number of aliphatic hydroxyl groups excluding tert-OH is 1. The smallest absolute Gasteiger partial charge is 0.137 e. The maximum absolute atomic E-state index is 9.21. The van der Waals surface area contributed by atoms with Crippen molar-refractivity contribution in [2.45, 2.75) is 22.5 Å². The van der Waals surface area contributed by atoms with Gasteiger partial charge in [0, 0.05) is 9.64 Å². The molecule has 1 aromatic carbocycles. The highest BCUT2D eigenvalue weighted by Gasteiger charge is 2.43. The normalized spacial score (nSPS) is 17.5. The molecule has 0 atom stereocenters. The minimum absolute atomic E-state index is 0.0535. The lowest BCUT2D eigenvalue weighted by atomic mass is 10.3. The first-order chi connectivity index (χ1) is 7.19. The van der Waals surface area contributed by atoms with Crippen LogP contribution in [0.3, 0.4) is 0 Å². The van der Waals surface area contributed by atoms with Crippen molar-refractivity contribution in [2.24, 2.45) is 0 Å². The van der Waals surface area contributed by atoms with Gasteiger partial charge in [-0.25, -0.2) is 0 Å². The van der Waals surface area contributed by atoms with Crippen LogP contribution in [-0.2, 0) is 0 Å². The molecule has 1 N–H and O–H groups in total. The van der Waals surface area contributed by atoms with E-state index in [1.807, 2.05) is 18.2 Å². The number of halogens is 1. The molecule has 15 heavy (non-hydrogen) atoms. The molecule has 0 bridgehead atoms. The number of benzene rings is 1. The molecule has 4 heteroatoms. The van der Waals surface area contributed by atoms with Crippen molar-refractivity contribution in [3.8, 4) is 5.75 Å². The van der Waals surface area contributed by atoms with Crippen molar-refractivity contribution >= 4 is 23.4 Å². The van der Waals surface area contributed by atoms with Gasteiger partial charge in [0.15, 0.2) is 0 Å². The topological polar surface area (TPSA) is 29.5 Å². The second-order valence-electron chi connectivity index (χ2n) is 3.74. The Labute approximate surface area is 98.6 Å². The Morgan fingerprint density at radius 2 is 2.27 bits per heavy atom. The summed E-state index contributed by atoms with van der Waals surface area (Å²) in [6.45, 7) is 0.237. The van der Waals surface area contributed by atoms with Crippen LogP contribution in [-0.4, -0.2) is 23.6 Å². The van der Waals surface area contributed by atoms with Crippen LogP contribution >= 0.6 is 23.4 Å². The van der Waals surface area contributed by atoms with Gasteiger partial charge in [-0.15, -0.1) is 11.8 Å². The van der Waals surface area contributed by atoms with Crippen LogP contribution in [0.1, 0.15) is 12.8 Å². The number of thioether (sulfide) groups is 1. The fourth-order valence-corrected chi connectivity index (χ4v) is 2.90. The van der Waals surface area contributed by atoms with Crippen molar-refractivity contribution in [3.63, 3.8) is 0 Å². The van der Waals surface area contributed by atoms with Gasteiger partial charge in [0.25, 0.3) is 0 Å². The van der Waals surface area contributed by atoms with Crippen LogP contribution in [0.15, 0.2) is 23.1 Å².